The molecule has 0 aromatic heterocycles. The standard InChI is InChI=1S/C25H26N2O2S/c1-29-23-18-21(12-13-22(23)28)25(30)27-16-14-26(15-17-27)24(19-8-4-2-5-9-19)20-10-6-3-7-11-20/h2-13,18,24,28H,14-17H2,1H3/p+1. The second kappa shape index (κ2) is 9.28. The summed E-state index contributed by atoms with van der Waals surface area (Å²) in [6, 6.07) is 27.2. The largest absolute Gasteiger partial charge is 0.504 e. The Balaban J connectivity index is 1.50. The molecule has 30 heavy (non-hydrogen) atoms. The minimum absolute atomic E-state index is 0.131. The second-order valence-corrected chi connectivity index (χ2v) is 7.98. The van der Waals surface area contributed by atoms with E-state index in [4.69, 9.17) is 17.0 Å². The lowest BCUT2D eigenvalue weighted by molar-refractivity contribution is -0.929. The minimum atomic E-state index is 0.131. The number of piperazine rings is 1. The number of methoxy groups -OCH3 is 1. The summed E-state index contributed by atoms with van der Waals surface area (Å²) in [6.45, 7) is 3.80. The van der Waals surface area contributed by atoms with Crippen molar-refractivity contribution in [3.63, 3.8) is 0 Å². The van der Waals surface area contributed by atoms with Crippen LogP contribution in [0.4, 0.5) is 0 Å². The topological polar surface area (TPSA) is 37.1 Å². The molecule has 0 amide bonds. The van der Waals surface area contributed by atoms with Crippen LogP contribution in [0.5, 0.6) is 11.5 Å². The van der Waals surface area contributed by atoms with E-state index in [0.29, 0.717) is 11.8 Å². The molecular weight excluding hydrogens is 392 g/mol. The fraction of sp³-hybridized carbons (Fsp3) is 0.240. The maximum atomic E-state index is 9.85. The zero-order valence-corrected chi connectivity index (χ0v) is 17.9. The molecule has 1 fully saturated rings. The smallest absolute Gasteiger partial charge is 0.161 e. The van der Waals surface area contributed by atoms with Crippen LogP contribution in [0.1, 0.15) is 22.7 Å². The van der Waals surface area contributed by atoms with E-state index in [-0.39, 0.29) is 5.75 Å². The molecule has 0 radical (unpaired) electrons. The first-order chi connectivity index (χ1) is 14.7. The highest BCUT2D eigenvalue weighted by atomic mass is 32.1. The molecule has 1 saturated heterocycles. The van der Waals surface area contributed by atoms with Crippen molar-refractivity contribution >= 4 is 17.2 Å². The van der Waals surface area contributed by atoms with Gasteiger partial charge in [0.2, 0.25) is 0 Å². The van der Waals surface area contributed by atoms with E-state index in [1.54, 1.807) is 18.1 Å². The summed E-state index contributed by atoms with van der Waals surface area (Å²) in [7, 11) is 1.55. The van der Waals surface area contributed by atoms with Crippen molar-refractivity contribution in [1.29, 1.82) is 0 Å². The van der Waals surface area contributed by atoms with Crippen molar-refractivity contribution in [1.82, 2.24) is 4.90 Å². The molecule has 3 aromatic carbocycles. The normalized spacial score (nSPS) is 14.7. The van der Waals surface area contributed by atoms with Crippen LogP contribution in [0.2, 0.25) is 0 Å². The molecule has 1 aliphatic heterocycles. The maximum absolute atomic E-state index is 9.85. The molecule has 1 heterocycles. The zero-order chi connectivity index (χ0) is 20.9. The number of thiocarbonyl (C=S) groups is 1. The number of rotatable bonds is 5. The van der Waals surface area contributed by atoms with Gasteiger partial charge in [0.15, 0.2) is 11.5 Å². The van der Waals surface area contributed by atoms with Gasteiger partial charge in [-0.2, -0.15) is 0 Å². The van der Waals surface area contributed by atoms with Crippen molar-refractivity contribution in [2.75, 3.05) is 33.3 Å². The number of aromatic hydroxyl groups is 1. The van der Waals surface area contributed by atoms with Gasteiger partial charge in [-0.3, -0.25) is 0 Å². The number of quaternary nitrogens is 1. The summed E-state index contributed by atoms with van der Waals surface area (Å²) in [4.78, 5) is 4.62. The van der Waals surface area contributed by atoms with Crippen molar-refractivity contribution in [2.24, 2.45) is 0 Å². The molecule has 0 unspecified atom stereocenters. The van der Waals surface area contributed by atoms with Gasteiger partial charge in [-0.1, -0.05) is 72.9 Å². The third-order valence-corrected chi connectivity index (χ3v) is 6.29. The van der Waals surface area contributed by atoms with Gasteiger partial charge in [0, 0.05) is 16.7 Å². The van der Waals surface area contributed by atoms with Gasteiger partial charge >= 0.3 is 0 Å². The van der Waals surface area contributed by atoms with Crippen molar-refractivity contribution in [3.8, 4) is 11.5 Å². The predicted octanol–water partition coefficient (Wildman–Crippen LogP) is 3.07. The van der Waals surface area contributed by atoms with Crippen LogP contribution in [0.15, 0.2) is 78.9 Å². The predicted molar refractivity (Wildman–Crippen MR) is 123 cm³/mol. The first-order valence-electron chi connectivity index (χ1n) is 10.3. The Morgan fingerprint density at radius 1 is 0.933 bits per heavy atom. The fourth-order valence-corrected chi connectivity index (χ4v) is 4.54. The van der Waals surface area contributed by atoms with E-state index in [2.05, 4.69) is 65.6 Å². The summed E-state index contributed by atoms with van der Waals surface area (Å²) in [6.07, 6.45) is 0. The van der Waals surface area contributed by atoms with Crippen LogP contribution >= 0.6 is 12.2 Å². The minimum Gasteiger partial charge on any atom is -0.504 e. The highest BCUT2D eigenvalue weighted by molar-refractivity contribution is 7.80. The van der Waals surface area contributed by atoms with Crippen LogP contribution in [-0.4, -0.2) is 48.3 Å². The molecule has 0 spiro atoms. The van der Waals surface area contributed by atoms with Gasteiger partial charge in [-0.05, 0) is 18.2 Å². The van der Waals surface area contributed by atoms with Gasteiger partial charge < -0.3 is 19.6 Å². The summed E-state index contributed by atoms with van der Waals surface area (Å²) in [5, 5.41) is 9.85. The molecule has 3 aromatic rings. The molecule has 1 aliphatic rings. The van der Waals surface area contributed by atoms with Crippen LogP contribution in [0, 0.1) is 0 Å². The Hall–Kier alpha value is -2.89. The number of phenols is 1. The van der Waals surface area contributed by atoms with Crippen molar-refractivity contribution < 1.29 is 14.7 Å². The van der Waals surface area contributed by atoms with E-state index in [1.807, 2.05) is 12.1 Å². The molecule has 2 N–H and O–H groups in total. The van der Waals surface area contributed by atoms with Gasteiger partial charge in [-0.25, -0.2) is 0 Å². The Kier molecular flexibility index (Phi) is 6.31. The van der Waals surface area contributed by atoms with E-state index in [9.17, 15) is 5.11 Å². The number of hydrogen-bond acceptors (Lipinski definition) is 3. The Morgan fingerprint density at radius 2 is 1.50 bits per heavy atom. The molecule has 0 saturated carbocycles. The Bertz CT molecular complexity index is 947. The van der Waals surface area contributed by atoms with Crippen LogP contribution < -0.4 is 9.64 Å². The third kappa shape index (κ3) is 4.32. The summed E-state index contributed by atoms with van der Waals surface area (Å²) >= 11 is 5.76. The lowest BCUT2D eigenvalue weighted by Crippen LogP contribution is -3.15. The van der Waals surface area contributed by atoms with Gasteiger partial charge in [0.1, 0.15) is 11.0 Å². The van der Waals surface area contributed by atoms with Crippen molar-refractivity contribution in [2.45, 2.75) is 6.04 Å². The van der Waals surface area contributed by atoms with Crippen LogP contribution in [0.25, 0.3) is 0 Å². The number of nitrogens with zero attached hydrogens (tertiary/aromatic N) is 1. The maximum Gasteiger partial charge on any atom is 0.161 e. The zero-order valence-electron chi connectivity index (χ0n) is 17.1. The lowest BCUT2D eigenvalue weighted by Gasteiger charge is -2.38. The van der Waals surface area contributed by atoms with E-state index >= 15 is 0 Å². The molecule has 4 rings (SSSR count). The fourth-order valence-electron chi connectivity index (χ4n) is 4.23. The van der Waals surface area contributed by atoms with Gasteiger partial charge in [0.25, 0.3) is 0 Å². The highest BCUT2D eigenvalue weighted by Gasteiger charge is 2.30. The number of hydrogen-bond donors (Lipinski definition) is 2. The second-order valence-electron chi connectivity index (χ2n) is 7.59. The number of nitrogens with one attached hydrogen (secondary N) is 1. The molecule has 0 bridgehead atoms. The summed E-state index contributed by atoms with van der Waals surface area (Å²) in [5.74, 6) is 0.583. The van der Waals surface area contributed by atoms with Gasteiger partial charge in [-0.15, -0.1) is 0 Å². The van der Waals surface area contributed by atoms with Crippen LogP contribution in [0.3, 0.4) is 0 Å². The molecular formula is C25H27N2O2S+. The number of benzene rings is 3. The van der Waals surface area contributed by atoms with Crippen LogP contribution in [-0.2, 0) is 0 Å². The quantitative estimate of drug-likeness (QED) is 0.624. The Labute approximate surface area is 183 Å². The van der Waals surface area contributed by atoms with E-state index < -0.39 is 0 Å². The average molecular weight is 420 g/mol. The molecule has 4 nitrogen and oxygen atoms in total. The lowest BCUT2D eigenvalue weighted by atomic mass is 9.96. The van der Waals surface area contributed by atoms with Crippen molar-refractivity contribution in [3.05, 3.63) is 95.6 Å². The summed E-state index contributed by atoms with van der Waals surface area (Å²) in [5.41, 5.74) is 3.60. The average Bonchev–Trinajstić information content (AvgIpc) is 2.81. The SMILES string of the molecule is COc1cc(C(=S)N2CC[NH+](C(c3ccccc3)c3ccccc3)CC2)ccc1O. The molecule has 0 aliphatic carbocycles. The molecule has 0 atom stereocenters. The van der Waals surface area contributed by atoms with E-state index in [1.165, 1.54) is 11.1 Å². The monoisotopic (exact) mass is 419 g/mol. The molecule has 154 valence electrons. The number of ether oxygens (including phenoxy) is 1. The molecule has 5 heteroatoms. The Morgan fingerprint density at radius 3 is 2.03 bits per heavy atom. The number of phenolic OH excluding ortho intramolecular Hbond substituents is 1. The van der Waals surface area contributed by atoms with E-state index in [0.717, 1.165) is 36.7 Å². The first kappa shape index (κ1) is 20.4. The van der Waals surface area contributed by atoms with Gasteiger partial charge in [0.05, 0.1) is 33.3 Å². The first-order valence-corrected chi connectivity index (χ1v) is 10.7. The summed E-state index contributed by atoms with van der Waals surface area (Å²) < 4.78 is 5.24. The highest BCUT2D eigenvalue weighted by Crippen LogP contribution is 2.27. The third-order valence-electron chi connectivity index (χ3n) is 5.79.